The number of nitrogens with one attached hydrogen (secondary N) is 1. The molecular formula is C13H22N2O. The van der Waals surface area contributed by atoms with E-state index < -0.39 is 0 Å². The van der Waals surface area contributed by atoms with E-state index in [1.807, 2.05) is 19.1 Å². The van der Waals surface area contributed by atoms with Gasteiger partial charge in [0, 0.05) is 6.04 Å². The van der Waals surface area contributed by atoms with Crippen LogP contribution in [0.25, 0.3) is 0 Å². The van der Waals surface area contributed by atoms with Crippen LogP contribution in [0.5, 0.6) is 5.75 Å². The van der Waals surface area contributed by atoms with Crippen molar-refractivity contribution in [3.05, 3.63) is 29.8 Å². The summed E-state index contributed by atoms with van der Waals surface area (Å²) in [7, 11) is 1.69. The van der Waals surface area contributed by atoms with E-state index in [9.17, 15) is 0 Å². The normalized spacial score (nSPS) is 12.4. The first-order chi connectivity index (χ1) is 7.72. The van der Waals surface area contributed by atoms with E-state index in [0.29, 0.717) is 0 Å². The zero-order chi connectivity index (χ0) is 11.8. The average Bonchev–Trinajstić information content (AvgIpc) is 2.28. The summed E-state index contributed by atoms with van der Waals surface area (Å²) in [5.41, 5.74) is 6.97. The molecule has 16 heavy (non-hydrogen) atoms. The fourth-order valence-corrected chi connectivity index (χ4v) is 1.52. The first-order valence-electron chi connectivity index (χ1n) is 5.81. The summed E-state index contributed by atoms with van der Waals surface area (Å²) >= 11 is 0. The van der Waals surface area contributed by atoms with E-state index in [0.717, 1.165) is 31.7 Å². The van der Waals surface area contributed by atoms with Gasteiger partial charge >= 0.3 is 0 Å². The lowest BCUT2D eigenvalue weighted by Gasteiger charge is -2.07. The maximum atomic E-state index is 5.67. The fourth-order valence-electron chi connectivity index (χ4n) is 1.52. The smallest absolute Gasteiger partial charge is 0.119 e. The van der Waals surface area contributed by atoms with Gasteiger partial charge < -0.3 is 15.8 Å². The monoisotopic (exact) mass is 222 g/mol. The number of rotatable bonds is 7. The number of benzene rings is 1. The molecule has 0 bridgehead atoms. The number of nitrogens with two attached hydrogens (primary N) is 1. The zero-order valence-corrected chi connectivity index (χ0v) is 10.2. The van der Waals surface area contributed by atoms with Crippen LogP contribution >= 0.6 is 0 Å². The lowest BCUT2D eigenvalue weighted by molar-refractivity contribution is 0.414. The Kier molecular flexibility index (Phi) is 5.90. The molecule has 0 aliphatic carbocycles. The van der Waals surface area contributed by atoms with Crippen LogP contribution in [0, 0.1) is 0 Å². The molecule has 0 saturated heterocycles. The van der Waals surface area contributed by atoms with E-state index in [1.54, 1.807) is 7.11 Å². The minimum absolute atomic E-state index is 0.282. The molecule has 1 unspecified atom stereocenters. The highest BCUT2D eigenvalue weighted by atomic mass is 16.5. The van der Waals surface area contributed by atoms with Crippen LogP contribution in [0.15, 0.2) is 24.3 Å². The van der Waals surface area contributed by atoms with Crippen LogP contribution < -0.4 is 15.8 Å². The van der Waals surface area contributed by atoms with E-state index >= 15 is 0 Å². The Morgan fingerprint density at radius 2 is 2.19 bits per heavy atom. The van der Waals surface area contributed by atoms with Crippen molar-refractivity contribution in [2.45, 2.75) is 25.8 Å². The Hall–Kier alpha value is -1.06. The van der Waals surface area contributed by atoms with E-state index in [-0.39, 0.29) is 6.04 Å². The summed E-state index contributed by atoms with van der Waals surface area (Å²) in [5, 5.41) is 3.38. The maximum absolute atomic E-state index is 5.67. The molecule has 3 nitrogen and oxygen atoms in total. The number of hydrogen-bond donors (Lipinski definition) is 2. The van der Waals surface area contributed by atoms with Crippen LogP contribution in [-0.4, -0.2) is 26.2 Å². The van der Waals surface area contributed by atoms with Gasteiger partial charge in [0.2, 0.25) is 0 Å². The SMILES string of the molecule is COc1cccc(CCNCCC(C)N)c1. The molecule has 0 aromatic heterocycles. The Morgan fingerprint density at radius 1 is 1.38 bits per heavy atom. The largest absolute Gasteiger partial charge is 0.497 e. The molecule has 0 heterocycles. The predicted octanol–water partition coefficient (Wildman–Crippen LogP) is 1.56. The predicted molar refractivity (Wildman–Crippen MR) is 67.8 cm³/mol. The summed E-state index contributed by atoms with van der Waals surface area (Å²) in [6, 6.07) is 8.47. The van der Waals surface area contributed by atoms with Crippen molar-refractivity contribution in [1.82, 2.24) is 5.32 Å². The van der Waals surface area contributed by atoms with Crippen LogP contribution in [-0.2, 0) is 6.42 Å². The van der Waals surface area contributed by atoms with Gasteiger partial charge in [-0.15, -0.1) is 0 Å². The molecule has 90 valence electrons. The van der Waals surface area contributed by atoms with Gasteiger partial charge in [0.1, 0.15) is 5.75 Å². The van der Waals surface area contributed by atoms with Crippen molar-refractivity contribution in [2.75, 3.05) is 20.2 Å². The minimum atomic E-state index is 0.282. The number of ether oxygens (including phenoxy) is 1. The van der Waals surface area contributed by atoms with Crippen molar-refractivity contribution in [2.24, 2.45) is 5.73 Å². The molecule has 3 heteroatoms. The average molecular weight is 222 g/mol. The third kappa shape index (κ3) is 5.14. The van der Waals surface area contributed by atoms with Gasteiger partial charge in [-0.2, -0.15) is 0 Å². The van der Waals surface area contributed by atoms with Gasteiger partial charge in [-0.05, 0) is 50.6 Å². The van der Waals surface area contributed by atoms with E-state index in [4.69, 9.17) is 10.5 Å². The van der Waals surface area contributed by atoms with Gasteiger partial charge in [-0.25, -0.2) is 0 Å². The van der Waals surface area contributed by atoms with Gasteiger partial charge in [0.15, 0.2) is 0 Å². The maximum Gasteiger partial charge on any atom is 0.119 e. The van der Waals surface area contributed by atoms with Crippen molar-refractivity contribution >= 4 is 0 Å². The lowest BCUT2D eigenvalue weighted by Crippen LogP contribution is -2.25. The quantitative estimate of drug-likeness (QED) is 0.688. The third-order valence-electron chi connectivity index (χ3n) is 2.50. The molecule has 0 aliphatic rings. The molecule has 0 amide bonds. The number of hydrogen-bond acceptors (Lipinski definition) is 3. The molecule has 0 saturated carbocycles. The molecule has 0 radical (unpaired) electrons. The van der Waals surface area contributed by atoms with Crippen LogP contribution in [0.1, 0.15) is 18.9 Å². The first kappa shape index (κ1) is 13.0. The molecule has 1 rings (SSSR count). The van der Waals surface area contributed by atoms with E-state index in [2.05, 4.69) is 17.4 Å². The highest BCUT2D eigenvalue weighted by Crippen LogP contribution is 2.12. The molecule has 3 N–H and O–H groups in total. The zero-order valence-electron chi connectivity index (χ0n) is 10.2. The van der Waals surface area contributed by atoms with Crippen molar-refractivity contribution in [3.8, 4) is 5.75 Å². The second-order valence-electron chi connectivity index (χ2n) is 4.12. The highest BCUT2D eigenvalue weighted by Gasteiger charge is 1.96. The Bertz CT molecular complexity index is 300. The van der Waals surface area contributed by atoms with Crippen molar-refractivity contribution in [3.63, 3.8) is 0 Å². The first-order valence-corrected chi connectivity index (χ1v) is 5.81. The topological polar surface area (TPSA) is 47.3 Å². The van der Waals surface area contributed by atoms with Gasteiger partial charge in [-0.3, -0.25) is 0 Å². The fraction of sp³-hybridized carbons (Fsp3) is 0.538. The van der Waals surface area contributed by atoms with Gasteiger partial charge in [-0.1, -0.05) is 12.1 Å². The summed E-state index contributed by atoms with van der Waals surface area (Å²) in [6.07, 6.45) is 2.05. The van der Waals surface area contributed by atoms with E-state index in [1.165, 1.54) is 5.56 Å². The van der Waals surface area contributed by atoms with Gasteiger partial charge in [0.25, 0.3) is 0 Å². The Morgan fingerprint density at radius 3 is 2.88 bits per heavy atom. The van der Waals surface area contributed by atoms with Crippen molar-refractivity contribution < 1.29 is 4.74 Å². The minimum Gasteiger partial charge on any atom is -0.497 e. The molecule has 1 aromatic carbocycles. The molecular weight excluding hydrogens is 200 g/mol. The molecule has 1 aromatic rings. The van der Waals surface area contributed by atoms with Crippen LogP contribution in [0.3, 0.4) is 0 Å². The highest BCUT2D eigenvalue weighted by molar-refractivity contribution is 5.28. The third-order valence-corrected chi connectivity index (χ3v) is 2.50. The molecule has 1 atom stereocenters. The van der Waals surface area contributed by atoms with Gasteiger partial charge in [0.05, 0.1) is 7.11 Å². The summed E-state index contributed by atoms with van der Waals surface area (Å²) in [6.45, 7) is 4.01. The summed E-state index contributed by atoms with van der Waals surface area (Å²) < 4.78 is 5.18. The molecule has 0 fully saturated rings. The standard InChI is InChI=1S/C13H22N2O/c1-11(14)6-8-15-9-7-12-4-3-5-13(10-12)16-2/h3-5,10-11,15H,6-9,14H2,1-2H3. The Balaban J connectivity index is 2.21. The second kappa shape index (κ2) is 7.25. The summed E-state index contributed by atoms with van der Waals surface area (Å²) in [5.74, 6) is 0.924. The Labute approximate surface area is 98.0 Å². The van der Waals surface area contributed by atoms with Crippen LogP contribution in [0.4, 0.5) is 0 Å². The number of methoxy groups -OCH3 is 1. The lowest BCUT2D eigenvalue weighted by atomic mass is 10.1. The van der Waals surface area contributed by atoms with Crippen LogP contribution in [0.2, 0.25) is 0 Å². The molecule has 0 aliphatic heterocycles. The second-order valence-corrected chi connectivity index (χ2v) is 4.12. The molecule has 0 spiro atoms. The van der Waals surface area contributed by atoms with Crippen molar-refractivity contribution in [1.29, 1.82) is 0 Å². The summed E-state index contributed by atoms with van der Waals surface area (Å²) in [4.78, 5) is 0.